The molecule has 110 valence electrons. The molecule has 1 aromatic carbocycles. The molecule has 2 heterocycles. The maximum absolute atomic E-state index is 12.7. The Hall–Kier alpha value is -1.06. The van der Waals surface area contributed by atoms with Crippen LogP contribution in [0.4, 0.5) is 5.69 Å². The first kappa shape index (κ1) is 15.3. The SMILES string of the molecule is C[C@H]1C[C@H](N2CCCCC2)C(=O)N1c1ccccc1.Cl. The highest BCUT2D eigenvalue weighted by Crippen LogP contribution is 2.30. The summed E-state index contributed by atoms with van der Waals surface area (Å²) >= 11 is 0. The predicted octanol–water partition coefficient (Wildman–Crippen LogP) is 3.09. The quantitative estimate of drug-likeness (QED) is 0.837. The van der Waals surface area contributed by atoms with Gasteiger partial charge in [0.25, 0.3) is 0 Å². The van der Waals surface area contributed by atoms with Crippen LogP contribution < -0.4 is 4.90 Å². The van der Waals surface area contributed by atoms with Crippen LogP contribution in [0.1, 0.15) is 32.6 Å². The fourth-order valence-electron chi connectivity index (χ4n) is 3.41. The second-order valence-corrected chi connectivity index (χ2v) is 5.74. The number of anilines is 1. The number of carbonyl (C=O) groups is 1. The third-order valence-corrected chi connectivity index (χ3v) is 4.39. The number of hydrogen-bond acceptors (Lipinski definition) is 2. The fraction of sp³-hybridized carbons (Fsp3) is 0.562. The molecule has 1 aromatic rings. The molecule has 0 bridgehead atoms. The lowest BCUT2D eigenvalue weighted by Gasteiger charge is -2.31. The zero-order chi connectivity index (χ0) is 13.2. The van der Waals surface area contributed by atoms with Gasteiger partial charge in [0.1, 0.15) is 0 Å². The van der Waals surface area contributed by atoms with E-state index >= 15 is 0 Å². The lowest BCUT2D eigenvalue weighted by atomic mass is 10.1. The summed E-state index contributed by atoms with van der Waals surface area (Å²) in [7, 11) is 0. The fourth-order valence-corrected chi connectivity index (χ4v) is 3.41. The van der Waals surface area contributed by atoms with E-state index in [0.29, 0.717) is 11.9 Å². The van der Waals surface area contributed by atoms with E-state index in [2.05, 4.69) is 11.8 Å². The van der Waals surface area contributed by atoms with Gasteiger partial charge in [0.2, 0.25) is 5.91 Å². The second kappa shape index (κ2) is 6.59. The normalized spacial score (nSPS) is 27.4. The topological polar surface area (TPSA) is 23.6 Å². The molecule has 3 nitrogen and oxygen atoms in total. The van der Waals surface area contributed by atoms with Crippen LogP contribution >= 0.6 is 12.4 Å². The van der Waals surface area contributed by atoms with Crippen molar-refractivity contribution in [1.29, 1.82) is 0 Å². The van der Waals surface area contributed by atoms with Crippen molar-refractivity contribution in [3.8, 4) is 0 Å². The maximum Gasteiger partial charge on any atom is 0.244 e. The molecule has 0 aliphatic carbocycles. The van der Waals surface area contributed by atoms with Gasteiger partial charge in [-0.2, -0.15) is 0 Å². The Morgan fingerprint density at radius 1 is 1.05 bits per heavy atom. The van der Waals surface area contributed by atoms with E-state index < -0.39 is 0 Å². The van der Waals surface area contributed by atoms with Gasteiger partial charge in [0.05, 0.1) is 6.04 Å². The summed E-state index contributed by atoms with van der Waals surface area (Å²) in [6.45, 7) is 4.34. The molecule has 0 radical (unpaired) electrons. The van der Waals surface area contributed by atoms with Gasteiger partial charge in [0, 0.05) is 11.7 Å². The van der Waals surface area contributed by atoms with Crippen molar-refractivity contribution < 1.29 is 4.79 Å². The van der Waals surface area contributed by atoms with Crippen LogP contribution in [-0.2, 0) is 4.79 Å². The first-order chi connectivity index (χ1) is 9.27. The number of likely N-dealkylation sites (tertiary alicyclic amines) is 1. The van der Waals surface area contributed by atoms with Crippen molar-refractivity contribution in [1.82, 2.24) is 4.90 Å². The molecule has 0 unspecified atom stereocenters. The van der Waals surface area contributed by atoms with E-state index in [9.17, 15) is 4.79 Å². The summed E-state index contributed by atoms with van der Waals surface area (Å²) in [4.78, 5) is 17.1. The summed E-state index contributed by atoms with van der Waals surface area (Å²) in [5.41, 5.74) is 1.04. The van der Waals surface area contributed by atoms with Crippen LogP contribution in [0.3, 0.4) is 0 Å². The highest BCUT2D eigenvalue weighted by Gasteiger charge is 2.41. The molecule has 4 heteroatoms. The molecular weight excluding hydrogens is 272 g/mol. The van der Waals surface area contributed by atoms with Crippen LogP contribution in [-0.4, -0.2) is 36.0 Å². The van der Waals surface area contributed by atoms with Gasteiger partial charge >= 0.3 is 0 Å². The van der Waals surface area contributed by atoms with Crippen molar-refractivity contribution in [3.05, 3.63) is 30.3 Å². The summed E-state index contributed by atoms with van der Waals surface area (Å²) in [5.74, 6) is 0.292. The summed E-state index contributed by atoms with van der Waals surface area (Å²) in [6.07, 6.45) is 4.76. The summed E-state index contributed by atoms with van der Waals surface area (Å²) in [5, 5.41) is 0. The van der Waals surface area contributed by atoms with Gasteiger partial charge in [-0.1, -0.05) is 24.6 Å². The molecule has 0 aromatic heterocycles. The van der Waals surface area contributed by atoms with E-state index in [1.54, 1.807) is 0 Å². The minimum Gasteiger partial charge on any atom is -0.308 e. The Kier molecular flexibility index (Phi) is 5.06. The van der Waals surface area contributed by atoms with Gasteiger partial charge < -0.3 is 4.90 Å². The molecule has 2 aliphatic heterocycles. The predicted molar refractivity (Wildman–Crippen MR) is 84.5 cm³/mol. The molecular formula is C16H23ClN2O. The van der Waals surface area contributed by atoms with Crippen molar-refractivity contribution >= 4 is 24.0 Å². The standard InChI is InChI=1S/C16H22N2O.ClH/c1-13-12-15(17-10-6-3-7-11-17)16(19)18(13)14-8-4-2-5-9-14;/h2,4-5,8-9,13,15H,3,6-7,10-12H2,1H3;1H/t13-,15-;/m0./s1. The van der Waals surface area contributed by atoms with Gasteiger partial charge in [-0.3, -0.25) is 9.69 Å². The number of piperidine rings is 1. The van der Waals surface area contributed by atoms with Gasteiger partial charge in [0.15, 0.2) is 0 Å². The molecule has 20 heavy (non-hydrogen) atoms. The molecule has 2 fully saturated rings. The highest BCUT2D eigenvalue weighted by molar-refractivity contribution is 6.00. The Balaban J connectivity index is 0.00000147. The first-order valence-electron chi connectivity index (χ1n) is 7.39. The van der Waals surface area contributed by atoms with E-state index in [-0.39, 0.29) is 18.4 Å². The Morgan fingerprint density at radius 3 is 2.35 bits per heavy atom. The highest BCUT2D eigenvalue weighted by atomic mass is 35.5. The molecule has 1 amide bonds. The number of rotatable bonds is 2. The van der Waals surface area contributed by atoms with Gasteiger partial charge in [-0.15, -0.1) is 12.4 Å². The van der Waals surface area contributed by atoms with E-state index in [1.165, 1.54) is 19.3 Å². The van der Waals surface area contributed by atoms with Crippen LogP contribution in [0, 0.1) is 0 Å². The molecule has 2 aliphatic rings. The van der Waals surface area contributed by atoms with Crippen molar-refractivity contribution in [2.24, 2.45) is 0 Å². The van der Waals surface area contributed by atoms with Gasteiger partial charge in [-0.25, -0.2) is 0 Å². The monoisotopic (exact) mass is 294 g/mol. The number of nitrogens with zero attached hydrogens (tertiary/aromatic N) is 2. The average molecular weight is 295 g/mol. The Bertz CT molecular complexity index is 445. The largest absolute Gasteiger partial charge is 0.308 e. The van der Waals surface area contributed by atoms with Crippen LogP contribution in [0.5, 0.6) is 0 Å². The minimum absolute atomic E-state index is 0. The maximum atomic E-state index is 12.7. The summed E-state index contributed by atoms with van der Waals surface area (Å²) in [6, 6.07) is 10.5. The molecule has 0 saturated carbocycles. The third-order valence-electron chi connectivity index (χ3n) is 4.39. The molecule has 2 saturated heterocycles. The van der Waals surface area contributed by atoms with Crippen LogP contribution in [0.2, 0.25) is 0 Å². The number of hydrogen-bond donors (Lipinski definition) is 0. The average Bonchev–Trinajstić information content (AvgIpc) is 2.76. The number of benzene rings is 1. The third kappa shape index (κ3) is 2.84. The number of halogens is 1. The molecule has 0 N–H and O–H groups in total. The molecule has 3 rings (SSSR count). The lowest BCUT2D eigenvalue weighted by molar-refractivity contribution is -0.122. The number of carbonyl (C=O) groups excluding carboxylic acids is 1. The van der Waals surface area contributed by atoms with Crippen LogP contribution in [0.25, 0.3) is 0 Å². The zero-order valence-electron chi connectivity index (χ0n) is 12.0. The van der Waals surface area contributed by atoms with E-state index in [0.717, 1.165) is 25.2 Å². The first-order valence-corrected chi connectivity index (χ1v) is 7.39. The Morgan fingerprint density at radius 2 is 1.70 bits per heavy atom. The van der Waals surface area contributed by atoms with Crippen molar-refractivity contribution in [2.45, 2.75) is 44.7 Å². The molecule has 0 spiro atoms. The van der Waals surface area contributed by atoms with Crippen molar-refractivity contribution in [2.75, 3.05) is 18.0 Å². The van der Waals surface area contributed by atoms with Crippen molar-refractivity contribution in [3.63, 3.8) is 0 Å². The number of amides is 1. The smallest absolute Gasteiger partial charge is 0.244 e. The minimum atomic E-state index is 0. The van der Waals surface area contributed by atoms with Crippen LogP contribution in [0.15, 0.2) is 30.3 Å². The Labute approximate surface area is 127 Å². The zero-order valence-corrected chi connectivity index (χ0v) is 12.8. The van der Waals surface area contributed by atoms with E-state index in [1.807, 2.05) is 35.2 Å². The lowest BCUT2D eigenvalue weighted by Crippen LogP contribution is -2.44. The van der Waals surface area contributed by atoms with E-state index in [4.69, 9.17) is 0 Å². The number of para-hydroxylation sites is 1. The second-order valence-electron chi connectivity index (χ2n) is 5.74. The molecule has 2 atom stereocenters. The van der Waals surface area contributed by atoms with Gasteiger partial charge in [-0.05, 0) is 51.4 Å². The summed E-state index contributed by atoms with van der Waals surface area (Å²) < 4.78 is 0.